The molecule has 0 saturated carbocycles. The van der Waals surface area contributed by atoms with Gasteiger partial charge in [0.15, 0.2) is 0 Å². The molecule has 7 rings (SSSR count). The number of hydrogen-bond acceptors (Lipinski definition) is 1. The third-order valence-corrected chi connectivity index (χ3v) is 8.47. The molecular weight excluding hydrogens is 506 g/mol. The van der Waals surface area contributed by atoms with Crippen molar-refractivity contribution in [1.29, 1.82) is 0 Å². The quantitative estimate of drug-likeness (QED) is 0.205. The summed E-state index contributed by atoms with van der Waals surface area (Å²) in [5.41, 5.74) is 12.6. The fraction of sp³-hybridized carbons (Fsp3) is 0.122. The lowest BCUT2D eigenvalue weighted by Gasteiger charge is -2.31. The highest BCUT2D eigenvalue weighted by Crippen LogP contribution is 2.57. The average molecular weight is 540 g/mol. The Kier molecular flexibility index (Phi) is 6.61. The van der Waals surface area contributed by atoms with E-state index in [4.69, 9.17) is 0 Å². The normalized spacial score (nSPS) is 16.6. The maximum atomic E-state index is 3.87. The molecule has 1 heteroatoms. The lowest BCUT2D eigenvalue weighted by molar-refractivity contribution is 0.811. The predicted octanol–water partition coefficient (Wildman–Crippen LogP) is 10.4. The highest BCUT2D eigenvalue weighted by atomic mass is 15.1. The van der Waals surface area contributed by atoms with Crippen LogP contribution in [0.3, 0.4) is 0 Å². The van der Waals surface area contributed by atoms with Gasteiger partial charge in [0.1, 0.15) is 5.41 Å². The molecule has 0 radical (unpaired) electrons. The third kappa shape index (κ3) is 4.37. The molecule has 202 valence electrons. The smallest absolute Gasteiger partial charge is 0.107 e. The molecule has 42 heavy (non-hydrogen) atoms. The van der Waals surface area contributed by atoms with Gasteiger partial charge in [0.05, 0.1) is 5.69 Å². The molecule has 0 spiro atoms. The molecule has 0 aromatic heterocycles. The molecule has 1 nitrogen and oxygen atoms in total. The van der Waals surface area contributed by atoms with Crippen molar-refractivity contribution in [3.63, 3.8) is 0 Å². The minimum atomic E-state index is -0.569. The van der Waals surface area contributed by atoms with Crippen LogP contribution in [0, 0.1) is 25.7 Å². The van der Waals surface area contributed by atoms with Gasteiger partial charge >= 0.3 is 0 Å². The van der Waals surface area contributed by atoms with Gasteiger partial charge in [-0.15, -0.1) is 0 Å². The van der Waals surface area contributed by atoms with Crippen molar-refractivity contribution in [2.45, 2.75) is 32.1 Å². The first-order valence-corrected chi connectivity index (χ1v) is 14.8. The van der Waals surface area contributed by atoms with Gasteiger partial charge in [-0.3, -0.25) is 0 Å². The van der Waals surface area contributed by atoms with Crippen molar-refractivity contribution in [2.24, 2.45) is 0 Å². The van der Waals surface area contributed by atoms with Crippen LogP contribution in [-0.4, -0.2) is 0 Å². The first-order chi connectivity index (χ1) is 20.6. The topological polar surface area (TPSA) is 3.24 Å². The number of hydrogen-bond donors (Lipinski definition) is 0. The molecule has 0 N–H and O–H groups in total. The second kappa shape index (κ2) is 10.7. The summed E-state index contributed by atoms with van der Waals surface area (Å²) >= 11 is 0. The Morgan fingerprint density at radius 1 is 0.619 bits per heavy atom. The molecule has 0 heterocycles. The molecule has 5 aromatic rings. The van der Waals surface area contributed by atoms with Crippen molar-refractivity contribution in [3.8, 4) is 23.0 Å². The molecule has 0 amide bonds. The largest absolute Gasteiger partial charge is 0.310 e. The Hall–Kier alpha value is -5.06. The van der Waals surface area contributed by atoms with Gasteiger partial charge in [0.2, 0.25) is 0 Å². The van der Waals surface area contributed by atoms with Crippen LogP contribution in [0.25, 0.3) is 11.1 Å². The van der Waals surface area contributed by atoms with Crippen molar-refractivity contribution in [3.05, 3.63) is 173 Å². The molecule has 1 unspecified atom stereocenters. The highest BCUT2D eigenvalue weighted by molar-refractivity contribution is 5.97. The van der Waals surface area contributed by atoms with Crippen LogP contribution in [0.15, 0.2) is 145 Å². The van der Waals surface area contributed by atoms with E-state index in [1.165, 1.54) is 39.0 Å². The van der Waals surface area contributed by atoms with Crippen LogP contribution in [0.2, 0.25) is 0 Å². The van der Waals surface area contributed by atoms with E-state index in [0.29, 0.717) is 0 Å². The number of fused-ring (bicyclic) bond motifs is 3. The summed E-state index contributed by atoms with van der Waals surface area (Å²) in [6.07, 6.45) is 9.09. The van der Waals surface area contributed by atoms with Gasteiger partial charge < -0.3 is 4.90 Å². The summed E-state index contributed by atoms with van der Waals surface area (Å²) < 4.78 is 0. The lowest BCUT2D eigenvalue weighted by Crippen LogP contribution is -2.26. The van der Waals surface area contributed by atoms with Crippen molar-refractivity contribution < 1.29 is 0 Å². The SMILES string of the molecule is Cc1ccc(N(c2ccc(C)cc2)c2cccc3c2-c2ccccc2C3(C#Cc2ccccc2)C2=CCCC=C2)cc1. The minimum Gasteiger partial charge on any atom is -0.310 e. The molecule has 0 aliphatic heterocycles. The Morgan fingerprint density at radius 3 is 1.93 bits per heavy atom. The van der Waals surface area contributed by atoms with E-state index in [1.807, 2.05) is 6.07 Å². The van der Waals surface area contributed by atoms with Gasteiger partial charge in [-0.2, -0.15) is 0 Å². The van der Waals surface area contributed by atoms with Gasteiger partial charge in [-0.05, 0) is 91.4 Å². The van der Waals surface area contributed by atoms with Crippen molar-refractivity contribution in [1.82, 2.24) is 0 Å². The lowest BCUT2D eigenvalue weighted by atomic mass is 9.71. The number of allylic oxidation sites excluding steroid dienone is 4. The van der Waals surface area contributed by atoms with E-state index in [-0.39, 0.29) is 0 Å². The van der Waals surface area contributed by atoms with Crippen LogP contribution >= 0.6 is 0 Å². The van der Waals surface area contributed by atoms with Gasteiger partial charge in [-0.1, -0.05) is 120 Å². The van der Waals surface area contributed by atoms with E-state index < -0.39 is 5.41 Å². The van der Waals surface area contributed by atoms with Crippen LogP contribution < -0.4 is 4.90 Å². The molecule has 1 atom stereocenters. The fourth-order valence-electron chi connectivity index (χ4n) is 6.41. The standard InChI is InChI=1S/C41H33N/c1-30-20-24-34(25-21-30)42(35-26-22-31(2)23-27-35)39-19-11-18-38-40(39)36-16-9-10-17-37(36)41(38,33-14-7-4-8-15-33)29-28-32-12-5-3-6-13-32/h3,5-7,9-27H,4,8H2,1-2H3. The van der Waals surface area contributed by atoms with Crippen LogP contribution in [0.4, 0.5) is 17.1 Å². The number of anilines is 3. The minimum absolute atomic E-state index is 0.569. The van der Waals surface area contributed by atoms with Crippen LogP contribution in [0.1, 0.15) is 40.7 Å². The van der Waals surface area contributed by atoms with Gasteiger partial charge in [0, 0.05) is 22.5 Å². The zero-order valence-corrected chi connectivity index (χ0v) is 24.1. The summed E-state index contributed by atoms with van der Waals surface area (Å²) in [5, 5.41) is 0. The number of nitrogens with zero attached hydrogens (tertiary/aromatic N) is 1. The second-order valence-electron chi connectivity index (χ2n) is 11.3. The summed E-state index contributed by atoms with van der Waals surface area (Å²) in [5.74, 6) is 7.46. The Bertz CT molecular complexity index is 1830. The zero-order chi connectivity index (χ0) is 28.5. The Morgan fingerprint density at radius 2 is 1.26 bits per heavy atom. The Labute approximate surface area is 249 Å². The van der Waals surface area contributed by atoms with Crippen LogP contribution in [0.5, 0.6) is 0 Å². The van der Waals surface area contributed by atoms with Crippen molar-refractivity contribution in [2.75, 3.05) is 4.90 Å². The second-order valence-corrected chi connectivity index (χ2v) is 11.3. The molecule has 2 aliphatic rings. The number of aryl methyl sites for hydroxylation is 2. The molecule has 0 fully saturated rings. The van der Waals surface area contributed by atoms with Gasteiger partial charge in [-0.25, -0.2) is 0 Å². The molecule has 5 aromatic carbocycles. The number of rotatable bonds is 4. The van der Waals surface area contributed by atoms with Crippen molar-refractivity contribution >= 4 is 17.1 Å². The number of benzene rings is 5. The average Bonchev–Trinajstić information content (AvgIpc) is 3.34. The van der Waals surface area contributed by atoms with E-state index in [2.05, 4.69) is 164 Å². The van der Waals surface area contributed by atoms with Gasteiger partial charge in [0.25, 0.3) is 0 Å². The van der Waals surface area contributed by atoms with E-state index in [9.17, 15) is 0 Å². The summed E-state index contributed by atoms with van der Waals surface area (Å²) in [6.45, 7) is 4.28. The maximum Gasteiger partial charge on any atom is 0.107 e. The third-order valence-electron chi connectivity index (χ3n) is 8.47. The summed E-state index contributed by atoms with van der Waals surface area (Å²) in [6, 6.07) is 43.7. The molecule has 2 aliphatic carbocycles. The predicted molar refractivity (Wildman–Crippen MR) is 177 cm³/mol. The van der Waals surface area contributed by atoms with E-state index >= 15 is 0 Å². The molecule has 0 saturated heterocycles. The van der Waals surface area contributed by atoms with Crippen LogP contribution in [-0.2, 0) is 5.41 Å². The maximum absolute atomic E-state index is 3.87. The zero-order valence-electron chi connectivity index (χ0n) is 24.1. The Balaban J connectivity index is 1.54. The first kappa shape index (κ1) is 25.9. The monoisotopic (exact) mass is 539 g/mol. The summed E-state index contributed by atoms with van der Waals surface area (Å²) in [7, 11) is 0. The molecular formula is C41H33N. The summed E-state index contributed by atoms with van der Waals surface area (Å²) in [4.78, 5) is 2.40. The van der Waals surface area contributed by atoms with E-state index in [0.717, 1.165) is 35.5 Å². The fourth-order valence-corrected chi connectivity index (χ4v) is 6.41. The molecule has 0 bridgehead atoms. The highest BCUT2D eigenvalue weighted by Gasteiger charge is 2.46. The van der Waals surface area contributed by atoms with E-state index in [1.54, 1.807) is 0 Å². The first-order valence-electron chi connectivity index (χ1n) is 14.8.